The highest BCUT2D eigenvalue weighted by atomic mass is 79.9. The Kier molecular flexibility index (Phi) is 3.37. The van der Waals surface area contributed by atoms with Crippen LogP contribution in [0.25, 0.3) is 0 Å². The van der Waals surface area contributed by atoms with Gasteiger partial charge in [-0.1, -0.05) is 6.07 Å². The quantitative estimate of drug-likeness (QED) is 0.901. The van der Waals surface area contributed by atoms with Gasteiger partial charge in [-0.2, -0.15) is 0 Å². The molecule has 3 heteroatoms. The summed E-state index contributed by atoms with van der Waals surface area (Å²) in [6, 6.07) is 7.90. The third-order valence-corrected chi connectivity index (χ3v) is 4.87. The minimum Gasteiger partial charge on any atom is -0.365 e. The van der Waals surface area contributed by atoms with Gasteiger partial charge in [0.2, 0.25) is 0 Å². The molecular weight excluding hydrogens is 288 g/mol. The molecule has 1 saturated heterocycles. The molecule has 1 aromatic carbocycles. The van der Waals surface area contributed by atoms with E-state index in [1.807, 2.05) is 0 Å². The van der Waals surface area contributed by atoms with Gasteiger partial charge in [0.05, 0.1) is 5.69 Å². The van der Waals surface area contributed by atoms with Crippen molar-refractivity contribution in [2.45, 2.75) is 38.8 Å². The molecule has 1 aliphatic carbocycles. The first kappa shape index (κ1) is 12.5. The van der Waals surface area contributed by atoms with Crippen molar-refractivity contribution in [3.8, 4) is 0 Å². The molecule has 2 unspecified atom stereocenters. The van der Waals surface area contributed by atoms with E-state index in [1.54, 1.807) is 0 Å². The molecule has 1 aliphatic heterocycles. The van der Waals surface area contributed by atoms with Crippen molar-refractivity contribution in [1.29, 1.82) is 0 Å². The van der Waals surface area contributed by atoms with Gasteiger partial charge in [-0.05, 0) is 66.2 Å². The molecule has 0 aromatic heterocycles. The topological polar surface area (TPSA) is 15.3 Å². The van der Waals surface area contributed by atoms with Crippen molar-refractivity contribution in [1.82, 2.24) is 5.32 Å². The van der Waals surface area contributed by atoms with Crippen LogP contribution in [0, 0.1) is 12.8 Å². The van der Waals surface area contributed by atoms with Gasteiger partial charge < -0.3 is 10.2 Å². The van der Waals surface area contributed by atoms with Crippen LogP contribution < -0.4 is 10.2 Å². The van der Waals surface area contributed by atoms with Crippen LogP contribution in [-0.2, 0) is 0 Å². The number of benzene rings is 1. The summed E-state index contributed by atoms with van der Waals surface area (Å²) in [6.45, 7) is 6.72. The molecule has 2 aliphatic rings. The summed E-state index contributed by atoms with van der Waals surface area (Å²) in [6.07, 6.45) is 2.82. The van der Waals surface area contributed by atoms with Crippen LogP contribution in [0.4, 0.5) is 5.69 Å². The fourth-order valence-corrected chi connectivity index (χ4v) is 3.36. The monoisotopic (exact) mass is 308 g/mol. The summed E-state index contributed by atoms with van der Waals surface area (Å²) in [5, 5.41) is 3.71. The average molecular weight is 309 g/mol. The molecule has 0 bridgehead atoms. The smallest absolute Gasteiger partial charge is 0.0516 e. The summed E-state index contributed by atoms with van der Waals surface area (Å²) in [5.41, 5.74) is 2.69. The molecule has 3 rings (SSSR count). The highest BCUT2D eigenvalue weighted by Crippen LogP contribution is 2.36. The zero-order valence-corrected chi connectivity index (χ0v) is 12.7. The molecule has 0 spiro atoms. The number of hydrogen-bond donors (Lipinski definition) is 1. The maximum Gasteiger partial charge on any atom is 0.0516 e. The Labute approximate surface area is 118 Å². The first-order chi connectivity index (χ1) is 8.65. The molecule has 2 atom stereocenters. The minimum atomic E-state index is 0.568. The minimum absolute atomic E-state index is 0.568. The number of nitrogens with zero attached hydrogens (tertiary/aromatic N) is 1. The first-order valence-corrected chi connectivity index (χ1v) is 7.70. The van der Waals surface area contributed by atoms with E-state index in [4.69, 9.17) is 0 Å². The normalized spacial score (nSPS) is 28.5. The molecule has 2 fully saturated rings. The average Bonchev–Trinajstić information content (AvgIpc) is 3.17. The number of nitrogens with one attached hydrogen (secondary N) is 1. The van der Waals surface area contributed by atoms with Crippen LogP contribution in [-0.4, -0.2) is 25.2 Å². The zero-order chi connectivity index (χ0) is 12.7. The van der Waals surface area contributed by atoms with Crippen LogP contribution in [0.2, 0.25) is 0 Å². The highest BCUT2D eigenvalue weighted by Gasteiger charge is 2.36. The van der Waals surface area contributed by atoms with E-state index >= 15 is 0 Å². The van der Waals surface area contributed by atoms with E-state index in [1.165, 1.54) is 28.6 Å². The molecule has 1 saturated carbocycles. The summed E-state index contributed by atoms with van der Waals surface area (Å²) in [4.78, 5) is 2.57. The van der Waals surface area contributed by atoms with E-state index in [0.717, 1.165) is 19.0 Å². The third kappa shape index (κ3) is 2.43. The molecule has 98 valence electrons. The van der Waals surface area contributed by atoms with Crippen LogP contribution >= 0.6 is 15.9 Å². The Hall–Kier alpha value is -0.540. The molecule has 0 amide bonds. The van der Waals surface area contributed by atoms with E-state index < -0.39 is 0 Å². The molecule has 1 heterocycles. The van der Waals surface area contributed by atoms with Gasteiger partial charge in [-0.15, -0.1) is 0 Å². The zero-order valence-electron chi connectivity index (χ0n) is 11.1. The maximum absolute atomic E-state index is 3.71. The van der Waals surface area contributed by atoms with E-state index in [0.29, 0.717) is 12.1 Å². The number of anilines is 1. The number of halogens is 1. The fraction of sp³-hybridized carbons (Fsp3) is 0.600. The van der Waals surface area contributed by atoms with Crippen molar-refractivity contribution < 1.29 is 0 Å². The number of rotatable bonds is 2. The second-order valence-electron chi connectivity index (χ2n) is 5.81. The largest absolute Gasteiger partial charge is 0.365 e. The van der Waals surface area contributed by atoms with Crippen LogP contribution in [0.3, 0.4) is 0 Å². The SMILES string of the molecule is Cc1ccc(Br)c(N2CC(C3CC3)NCC2C)c1. The highest BCUT2D eigenvalue weighted by molar-refractivity contribution is 9.10. The van der Waals surface area contributed by atoms with Crippen molar-refractivity contribution in [2.24, 2.45) is 5.92 Å². The van der Waals surface area contributed by atoms with Crippen molar-refractivity contribution in [3.63, 3.8) is 0 Å². The van der Waals surface area contributed by atoms with E-state index in [9.17, 15) is 0 Å². The van der Waals surface area contributed by atoms with Gasteiger partial charge in [0.25, 0.3) is 0 Å². The summed E-state index contributed by atoms with van der Waals surface area (Å²) >= 11 is 3.70. The Balaban J connectivity index is 1.85. The standard InChI is InChI=1S/C15H21BrN2/c1-10-3-6-13(16)15(7-10)18-9-14(12-4-5-12)17-8-11(18)2/h3,6-7,11-12,14,17H,4-5,8-9H2,1-2H3. The van der Waals surface area contributed by atoms with Crippen molar-refractivity contribution in [3.05, 3.63) is 28.2 Å². The summed E-state index contributed by atoms with van der Waals surface area (Å²) < 4.78 is 1.22. The lowest BCUT2D eigenvalue weighted by Crippen LogP contribution is -2.56. The predicted molar refractivity (Wildman–Crippen MR) is 80.2 cm³/mol. The lowest BCUT2D eigenvalue weighted by atomic mass is 10.0. The molecular formula is C15H21BrN2. The first-order valence-electron chi connectivity index (χ1n) is 6.91. The Morgan fingerprint density at radius 3 is 2.83 bits per heavy atom. The van der Waals surface area contributed by atoms with Gasteiger partial charge in [0, 0.05) is 29.6 Å². The van der Waals surface area contributed by atoms with Crippen LogP contribution in [0.15, 0.2) is 22.7 Å². The summed E-state index contributed by atoms with van der Waals surface area (Å²) in [5.74, 6) is 0.920. The van der Waals surface area contributed by atoms with Crippen LogP contribution in [0.5, 0.6) is 0 Å². The van der Waals surface area contributed by atoms with Gasteiger partial charge in [0.15, 0.2) is 0 Å². The van der Waals surface area contributed by atoms with E-state index in [2.05, 4.69) is 58.2 Å². The van der Waals surface area contributed by atoms with Crippen LogP contribution in [0.1, 0.15) is 25.3 Å². The number of piperazine rings is 1. The van der Waals surface area contributed by atoms with Crippen molar-refractivity contribution >= 4 is 21.6 Å². The molecule has 1 N–H and O–H groups in total. The Morgan fingerprint density at radius 1 is 1.33 bits per heavy atom. The Morgan fingerprint density at radius 2 is 2.11 bits per heavy atom. The Bertz CT molecular complexity index is 442. The van der Waals surface area contributed by atoms with Gasteiger partial charge in [0.1, 0.15) is 0 Å². The third-order valence-electron chi connectivity index (χ3n) is 4.20. The molecule has 0 radical (unpaired) electrons. The van der Waals surface area contributed by atoms with Crippen molar-refractivity contribution in [2.75, 3.05) is 18.0 Å². The lowest BCUT2D eigenvalue weighted by molar-refractivity contribution is 0.375. The molecule has 1 aromatic rings. The fourth-order valence-electron chi connectivity index (χ4n) is 2.88. The lowest BCUT2D eigenvalue weighted by Gasteiger charge is -2.41. The molecule has 2 nitrogen and oxygen atoms in total. The van der Waals surface area contributed by atoms with Gasteiger partial charge >= 0.3 is 0 Å². The number of hydrogen-bond acceptors (Lipinski definition) is 2. The second-order valence-corrected chi connectivity index (χ2v) is 6.66. The predicted octanol–water partition coefficient (Wildman–Crippen LogP) is 3.33. The number of aryl methyl sites for hydroxylation is 1. The molecule has 18 heavy (non-hydrogen) atoms. The van der Waals surface area contributed by atoms with Gasteiger partial charge in [-0.25, -0.2) is 0 Å². The van der Waals surface area contributed by atoms with E-state index in [-0.39, 0.29) is 0 Å². The van der Waals surface area contributed by atoms with Gasteiger partial charge in [-0.3, -0.25) is 0 Å². The maximum atomic E-state index is 3.71. The summed E-state index contributed by atoms with van der Waals surface area (Å²) in [7, 11) is 0. The second kappa shape index (κ2) is 4.86.